The van der Waals surface area contributed by atoms with Gasteiger partial charge in [-0.25, -0.2) is 4.98 Å². The van der Waals surface area contributed by atoms with E-state index in [-0.39, 0.29) is 11.4 Å². The summed E-state index contributed by atoms with van der Waals surface area (Å²) in [5, 5.41) is 5.97. The molecule has 0 spiro atoms. The molecule has 5 heteroatoms. The molecule has 1 aromatic heterocycles. The molecule has 0 aliphatic carbocycles. The lowest BCUT2D eigenvalue weighted by Crippen LogP contribution is -2.48. The van der Waals surface area contributed by atoms with Gasteiger partial charge in [0.15, 0.2) is 0 Å². The van der Waals surface area contributed by atoms with Crippen molar-refractivity contribution < 1.29 is 4.79 Å². The van der Waals surface area contributed by atoms with E-state index < -0.39 is 0 Å². The van der Waals surface area contributed by atoms with E-state index in [2.05, 4.69) is 29.0 Å². The first-order chi connectivity index (χ1) is 10.3. The SMILES string of the molecule is Cc1csc(-c2cccc(C(=O)NCC(C)(C)N(C)C)c2)n1. The Kier molecular flexibility index (Phi) is 4.98. The van der Waals surface area contributed by atoms with Gasteiger partial charge in [0.2, 0.25) is 0 Å². The predicted molar refractivity (Wildman–Crippen MR) is 92.4 cm³/mol. The number of hydrogen-bond donors (Lipinski definition) is 1. The van der Waals surface area contributed by atoms with Gasteiger partial charge in [0, 0.05) is 34.3 Å². The fraction of sp³-hybridized carbons (Fsp3) is 0.412. The molecule has 0 radical (unpaired) electrons. The fourth-order valence-corrected chi connectivity index (χ4v) is 2.63. The summed E-state index contributed by atoms with van der Waals surface area (Å²) in [5.41, 5.74) is 2.57. The van der Waals surface area contributed by atoms with Crippen molar-refractivity contribution >= 4 is 17.2 Å². The van der Waals surface area contributed by atoms with Gasteiger partial charge in [0.1, 0.15) is 5.01 Å². The van der Waals surface area contributed by atoms with Crippen LogP contribution in [0.15, 0.2) is 29.6 Å². The molecular formula is C17H23N3OS. The van der Waals surface area contributed by atoms with Crippen LogP contribution in [0.4, 0.5) is 0 Å². The molecule has 1 aromatic carbocycles. The van der Waals surface area contributed by atoms with Gasteiger partial charge < -0.3 is 10.2 Å². The molecule has 0 unspecified atom stereocenters. The Hall–Kier alpha value is -1.72. The molecule has 2 aromatic rings. The number of hydrogen-bond acceptors (Lipinski definition) is 4. The fourth-order valence-electron chi connectivity index (χ4n) is 1.84. The molecule has 4 nitrogen and oxygen atoms in total. The van der Waals surface area contributed by atoms with Crippen LogP contribution in [0.5, 0.6) is 0 Å². The van der Waals surface area contributed by atoms with Crippen LogP contribution in [0.1, 0.15) is 29.9 Å². The van der Waals surface area contributed by atoms with Crippen molar-refractivity contribution in [2.45, 2.75) is 26.3 Å². The number of benzene rings is 1. The van der Waals surface area contributed by atoms with E-state index in [1.54, 1.807) is 11.3 Å². The van der Waals surface area contributed by atoms with E-state index in [1.165, 1.54) is 0 Å². The lowest BCUT2D eigenvalue weighted by atomic mass is 10.0. The van der Waals surface area contributed by atoms with Crippen LogP contribution in [0.25, 0.3) is 10.6 Å². The van der Waals surface area contributed by atoms with Crippen molar-refractivity contribution in [3.8, 4) is 10.6 Å². The number of thiazole rings is 1. The summed E-state index contributed by atoms with van der Waals surface area (Å²) in [5.74, 6) is -0.0509. The number of nitrogens with one attached hydrogen (secondary N) is 1. The van der Waals surface area contributed by atoms with Gasteiger partial charge in [-0.1, -0.05) is 12.1 Å². The average molecular weight is 317 g/mol. The highest BCUT2D eigenvalue weighted by atomic mass is 32.1. The molecule has 0 fully saturated rings. The first-order valence-corrected chi connectivity index (χ1v) is 8.16. The summed E-state index contributed by atoms with van der Waals surface area (Å²) in [6.07, 6.45) is 0. The number of rotatable bonds is 5. The molecular weight excluding hydrogens is 294 g/mol. The van der Waals surface area contributed by atoms with Gasteiger partial charge in [-0.15, -0.1) is 11.3 Å². The topological polar surface area (TPSA) is 45.2 Å². The van der Waals surface area contributed by atoms with Crippen LogP contribution in [-0.4, -0.2) is 42.0 Å². The quantitative estimate of drug-likeness (QED) is 0.921. The smallest absolute Gasteiger partial charge is 0.251 e. The van der Waals surface area contributed by atoms with Crippen molar-refractivity contribution in [3.63, 3.8) is 0 Å². The van der Waals surface area contributed by atoms with Crippen molar-refractivity contribution in [1.29, 1.82) is 0 Å². The van der Waals surface area contributed by atoms with E-state index in [1.807, 2.05) is 50.7 Å². The van der Waals surface area contributed by atoms with Crippen LogP contribution < -0.4 is 5.32 Å². The molecule has 1 N–H and O–H groups in total. The maximum atomic E-state index is 12.4. The normalized spacial score (nSPS) is 11.7. The van der Waals surface area contributed by atoms with Crippen molar-refractivity contribution in [2.24, 2.45) is 0 Å². The minimum Gasteiger partial charge on any atom is -0.350 e. The highest BCUT2D eigenvalue weighted by Gasteiger charge is 2.21. The Morgan fingerprint density at radius 1 is 1.36 bits per heavy atom. The van der Waals surface area contributed by atoms with E-state index >= 15 is 0 Å². The molecule has 0 atom stereocenters. The molecule has 1 heterocycles. The maximum absolute atomic E-state index is 12.4. The molecule has 0 aliphatic heterocycles. The Morgan fingerprint density at radius 3 is 2.68 bits per heavy atom. The summed E-state index contributed by atoms with van der Waals surface area (Å²) in [6.45, 7) is 6.77. The van der Waals surface area contributed by atoms with Crippen molar-refractivity contribution in [2.75, 3.05) is 20.6 Å². The van der Waals surface area contributed by atoms with Gasteiger partial charge in [-0.3, -0.25) is 4.79 Å². The summed E-state index contributed by atoms with van der Waals surface area (Å²) < 4.78 is 0. The zero-order valence-corrected chi connectivity index (χ0v) is 14.6. The van der Waals surface area contributed by atoms with Gasteiger partial charge in [-0.2, -0.15) is 0 Å². The van der Waals surface area contributed by atoms with E-state index in [4.69, 9.17) is 0 Å². The van der Waals surface area contributed by atoms with Crippen molar-refractivity contribution in [3.05, 3.63) is 40.9 Å². The largest absolute Gasteiger partial charge is 0.350 e. The van der Waals surface area contributed by atoms with Crippen LogP contribution in [0.2, 0.25) is 0 Å². The minimum atomic E-state index is -0.0836. The maximum Gasteiger partial charge on any atom is 0.251 e. The van der Waals surface area contributed by atoms with Crippen LogP contribution in [-0.2, 0) is 0 Å². The van der Waals surface area contributed by atoms with Crippen LogP contribution in [0.3, 0.4) is 0 Å². The third-order valence-electron chi connectivity index (χ3n) is 3.88. The summed E-state index contributed by atoms with van der Waals surface area (Å²) in [7, 11) is 4.02. The molecule has 0 aliphatic rings. The zero-order valence-electron chi connectivity index (χ0n) is 13.8. The van der Waals surface area contributed by atoms with E-state index in [0.29, 0.717) is 12.1 Å². The average Bonchev–Trinajstić information content (AvgIpc) is 2.91. The first kappa shape index (κ1) is 16.6. The Balaban J connectivity index is 2.11. The number of aromatic nitrogens is 1. The monoisotopic (exact) mass is 317 g/mol. The first-order valence-electron chi connectivity index (χ1n) is 7.28. The molecule has 2 rings (SSSR count). The lowest BCUT2D eigenvalue weighted by Gasteiger charge is -2.32. The Labute approximate surface area is 136 Å². The third kappa shape index (κ3) is 3.93. The number of carbonyl (C=O) groups excluding carboxylic acids is 1. The highest BCUT2D eigenvalue weighted by molar-refractivity contribution is 7.13. The molecule has 1 amide bonds. The number of likely N-dealkylation sites (N-methyl/N-ethyl adjacent to an activating group) is 1. The van der Waals surface area contributed by atoms with Crippen LogP contribution >= 0.6 is 11.3 Å². The summed E-state index contributed by atoms with van der Waals surface area (Å²) >= 11 is 1.60. The van der Waals surface area contributed by atoms with Gasteiger partial charge >= 0.3 is 0 Å². The molecule has 0 saturated heterocycles. The van der Waals surface area contributed by atoms with E-state index in [9.17, 15) is 4.79 Å². The third-order valence-corrected chi connectivity index (χ3v) is 4.89. The van der Waals surface area contributed by atoms with Crippen LogP contribution in [0, 0.1) is 6.92 Å². The Morgan fingerprint density at radius 2 is 2.09 bits per heavy atom. The van der Waals surface area contributed by atoms with Gasteiger partial charge in [-0.05, 0) is 47.0 Å². The predicted octanol–water partition coefficient (Wildman–Crippen LogP) is 3.19. The zero-order chi connectivity index (χ0) is 16.3. The second-order valence-electron chi connectivity index (χ2n) is 6.26. The van der Waals surface area contributed by atoms with Gasteiger partial charge in [0.25, 0.3) is 5.91 Å². The molecule has 22 heavy (non-hydrogen) atoms. The lowest BCUT2D eigenvalue weighted by molar-refractivity contribution is 0.0919. The van der Waals surface area contributed by atoms with E-state index in [0.717, 1.165) is 16.3 Å². The second kappa shape index (κ2) is 6.58. The number of amides is 1. The number of aryl methyl sites for hydroxylation is 1. The number of carbonyl (C=O) groups is 1. The molecule has 118 valence electrons. The highest BCUT2D eigenvalue weighted by Crippen LogP contribution is 2.24. The Bertz CT molecular complexity index is 661. The second-order valence-corrected chi connectivity index (χ2v) is 7.12. The number of nitrogens with zero attached hydrogens (tertiary/aromatic N) is 2. The summed E-state index contributed by atoms with van der Waals surface area (Å²) in [4.78, 5) is 18.9. The standard InChI is InChI=1S/C17H23N3OS/c1-12-10-22-16(19-12)14-8-6-7-13(9-14)15(21)18-11-17(2,3)20(4)5/h6-10H,11H2,1-5H3,(H,18,21). The van der Waals surface area contributed by atoms with Crippen molar-refractivity contribution in [1.82, 2.24) is 15.2 Å². The summed E-state index contributed by atoms with van der Waals surface area (Å²) in [6, 6.07) is 7.62. The molecule has 0 bridgehead atoms. The minimum absolute atomic E-state index is 0.0509. The van der Waals surface area contributed by atoms with Gasteiger partial charge in [0.05, 0.1) is 0 Å². The molecule has 0 saturated carbocycles.